The Morgan fingerprint density at radius 2 is 2.12 bits per heavy atom. The molecule has 0 aromatic carbocycles. The molecule has 0 rings (SSSR count). The Hall–Kier alpha value is -1.34. The average Bonchev–Trinajstić information content (AvgIpc) is 2.31. The van der Waals surface area contributed by atoms with Crippen LogP contribution in [0.3, 0.4) is 0 Å². The summed E-state index contributed by atoms with van der Waals surface area (Å²) in [7, 11) is 2.97. The van der Waals surface area contributed by atoms with E-state index in [4.69, 9.17) is 20.9 Å². The maximum absolute atomic E-state index is 11.4. The first-order valence-electron chi connectivity index (χ1n) is 5.47. The Morgan fingerprint density at radius 3 is 2.65 bits per heavy atom. The van der Waals surface area contributed by atoms with E-state index in [1.54, 1.807) is 7.11 Å². The van der Waals surface area contributed by atoms with E-state index >= 15 is 0 Å². The second-order valence-corrected chi connectivity index (χ2v) is 3.47. The maximum Gasteiger partial charge on any atom is 0.322 e. The van der Waals surface area contributed by atoms with E-state index < -0.39 is 0 Å². The molecule has 0 fully saturated rings. The summed E-state index contributed by atoms with van der Waals surface area (Å²) in [4.78, 5) is 15.3. The molecule has 0 spiro atoms. The minimum absolute atomic E-state index is 0.0620. The molecule has 0 aliphatic heterocycles. The van der Waals surface area contributed by atoms with Crippen molar-refractivity contribution in [2.24, 2.45) is 16.5 Å². The van der Waals surface area contributed by atoms with Crippen LogP contribution in [0.25, 0.3) is 0 Å². The third-order valence-electron chi connectivity index (χ3n) is 2.13. The highest BCUT2D eigenvalue weighted by Gasteiger charge is 2.17. The van der Waals surface area contributed by atoms with Crippen molar-refractivity contribution >= 4 is 11.9 Å². The highest BCUT2D eigenvalue weighted by atomic mass is 16.5. The molecule has 0 aliphatic rings. The first-order chi connectivity index (χ1) is 8.11. The van der Waals surface area contributed by atoms with E-state index in [1.165, 1.54) is 7.11 Å². The number of carbonyl (C=O) groups is 1. The van der Waals surface area contributed by atoms with Gasteiger partial charge in [0.05, 0.1) is 13.7 Å². The smallest absolute Gasteiger partial charge is 0.322 e. The third kappa shape index (κ3) is 8.47. The quantitative estimate of drug-likeness (QED) is 0.204. The molecule has 5 N–H and O–H groups in total. The van der Waals surface area contributed by atoms with Crippen LogP contribution in [0, 0.1) is 0 Å². The molecule has 0 amide bonds. The lowest BCUT2D eigenvalue weighted by Gasteiger charge is -2.15. The molecular weight excluding hydrogens is 224 g/mol. The van der Waals surface area contributed by atoms with E-state index in [0.717, 1.165) is 0 Å². The van der Waals surface area contributed by atoms with Crippen LogP contribution in [0.1, 0.15) is 12.8 Å². The third-order valence-corrected chi connectivity index (χ3v) is 2.13. The number of ether oxygens (including phenoxy) is 2. The summed E-state index contributed by atoms with van der Waals surface area (Å²) in [5.74, 6) is -0.224. The van der Waals surface area contributed by atoms with Crippen LogP contribution in [-0.4, -0.2) is 51.9 Å². The van der Waals surface area contributed by atoms with Crippen LogP contribution in [0.5, 0.6) is 0 Å². The first kappa shape index (κ1) is 15.7. The molecule has 0 unspecified atom stereocenters. The number of aliphatic imine (C=N–C) groups is 1. The number of nitrogens with one attached hydrogen (secondary N) is 1. The number of rotatable bonds is 9. The highest BCUT2D eigenvalue weighted by Crippen LogP contribution is 2.00. The summed E-state index contributed by atoms with van der Waals surface area (Å²) >= 11 is 0. The van der Waals surface area contributed by atoms with Gasteiger partial charge in [0.2, 0.25) is 0 Å². The molecule has 7 heteroatoms. The maximum atomic E-state index is 11.4. The molecule has 0 aromatic rings. The molecular formula is C10H22N4O3. The summed E-state index contributed by atoms with van der Waals surface area (Å²) in [5.41, 5.74) is 10.4. The van der Waals surface area contributed by atoms with Gasteiger partial charge in [0.15, 0.2) is 5.96 Å². The summed E-state index contributed by atoms with van der Waals surface area (Å²) in [5, 5.41) is 3.05. The van der Waals surface area contributed by atoms with Crippen molar-refractivity contribution in [1.29, 1.82) is 0 Å². The Bertz CT molecular complexity index is 242. The zero-order valence-electron chi connectivity index (χ0n) is 10.4. The molecule has 0 heterocycles. The van der Waals surface area contributed by atoms with Gasteiger partial charge in [-0.2, -0.15) is 0 Å². The summed E-state index contributed by atoms with van der Waals surface area (Å²) in [6, 6.07) is -0.343. The van der Waals surface area contributed by atoms with E-state index in [9.17, 15) is 4.79 Å². The summed E-state index contributed by atoms with van der Waals surface area (Å²) < 4.78 is 9.59. The number of guanidine groups is 1. The van der Waals surface area contributed by atoms with Gasteiger partial charge in [-0.1, -0.05) is 0 Å². The topological polar surface area (TPSA) is 112 Å². The van der Waals surface area contributed by atoms with Gasteiger partial charge in [-0.05, 0) is 12.8 Å². The molecule has 100 valence electrons. The SMILES string of the molecule is COCCN[C@@H](CCCN=C(N)N)C(=O)OC. The predicted molar refractivity (Wildman–Crippen MR) is 65.6 cm³/mol. The van der Waals surface area contributed by atoms with Gasteiger partial charge < -0.3 is 26.3 Å². The van der Waals surface area contributed by atoms with Crippen molar-refractivity contribution in [3.63, 3.8) is 0 Å². The zero-order chi connectivity index (χ0) is 13.1. The number of hydrogen-bond donors (Lipinski definition) is 3. The summed E-state index contributed by atoms with van der Waals surface area (Å²) in [6.45, 7) is 1.64. The lowest BCUT2D eigenvalue weighted by atomic mass is 10.1. The number of nitrogens with zero attached hydrogens (tertiary/aromatic N) is 1. The number of hydrogen-bond acceptors (Lipinski definition) is 5. The van der Waals surface area contributed by atoms with Crippen molar-refractivity contribution in [3.05, 3.63) is 0 Å². The number of nitrogens with two attached hydrogens (primary N) is 2. The van der Waals surface area contributed by atoms with Crippen LogP contribution < -0.4 is 16.8 Å². The van der Waals surface area contributed by atoms with E-state index in [1.807, 2.05) is 0 Å². The normalized spacial score (nSPS) is 11.9. The van der Waals surface area contributed by atoms with Crippen molar-refractivity contribution in [3.8, 4) is 0 Å². The van der Waals surface area contributed by atoms with Gasteiger partial charge in [0.1, 0.15) is 6.04 Å². The Balaban J connectivity index is 3.93. The first-order valence-corrected chi connectivity index (χ1v) is 5.47. The average molecular weight is 246 g/mol. The summed E-state index contributed by atoms with van der Waals surface area (Å²) in [6.07, 6.45) is 1.32. The fraction of sp³-hybridized carbons (Fsp3) is 0.800. The van der Waals surface area contributed by atoms with Crippen LogP contribution in [0.4, 0.5) is 0 Å². The molecule has 7 nitrogen and oxygen atoms in total. The monoisotopic (exact) mass is 246 g/mol. The standard InChI is InChI=1S/C10H22N4O3/c1-16-7-6-13-8(9(15)17-2)4-3-5-14-10(11)12/h8,13H,3-7H2,1-2H3,(H4,11,12,14)/t8-/m0/s1. The lowest BCUT2D eigenvalue weighted by molar-refractivity contribution is -0.143. The van der Waals surface area contributed by atoms with Gasteiger partial charge in [-0.25, -0.2) is 0 Å². The van der Waals surface area contributed by atoms with E-state index in [-0.39, 0.29) is 18.0 Å². The molecule has 0 bridgehead atoms. The molecule has 0 saturated heterocycles. The predicted octanol–water partition coefficient (Wildman–Crippen LogP) is -1.18. The molecule has 0 radical (unpaired) electrons. The minimum atomic E-state index is -0.343. The van der Waals surface area contributed by atoms with Crippen molar-refractivity contribution in [1.82, 2.24) is 5.32 Å². The molecule has 17 heavy (non-hydrogen) atoms. The lowest BCUT2D eigenvalue weighted by Crippen LogP contribution is -2.39. The number of methoxy groups -OCH3 is 2. The van der Waals surface area contributed by atoms with Crippen LogP contribution >= 0.6 is 0 Å². The highest BCUT2D eigenvalue weighted by molar-refractivity contribution is 5.76. The number of esters is 1. The second-order valence-electron chi connectivity index (χ2n) is 3.47. The van der Waals surface area contributed by atoms with Gasteiger partial charge in [-0.15, -0.1) is 0 Å². The fourth-order valence-corrected chi connectivity index (χ4v) is 1.28. The van der Waals surface area contributed by atoms with Gasteiger partial charge >= 0.3 is 5.97 Å². The molecule has 0 aromatic heterocycles. The fourth-order valence-electron chi connectivity index (χ4n) is 1.28. The van der Waals surface area contributed by atoms with Crippen molar-refractivity contribution in [2.75, 3.05) is 33.9 Å². The Kier molecular flexibility index (Phi) is 9.08. The van der Waals surface area contributed by atoms with Gasteiger partial charge in [0, 0.05) is 20.2 Å². The van der Waals surface area contributed by atoms with E-state index in [2.05, 4.69) is 10.3 Å². The second kappa shape index (κ2) is 9.86. The number of carbonyl (C=O) groups excluding carboxylic acids is 1. The van der Waals surface area contributed by atoms with Crippen LogP contribution in [0.15, 0.2) is 4.99 Å². The van der Waals surface area contributed by atoms with Gasteiger partial charge in [0.25, 0.3) is 0 Å². The van der Waals surface area contributed by atoms with Gasteiger partial charge in [-0.3, -0.25) is 9.79 Å². The van der Waals surface area contributed by atoms with Crippen molar-refractivity contribution < 1.29 is 14.3 Å². The largest absolute Gasteiger partial charge is 0.468 e. The van der Waals surface area contributed by atoms with Crippen molar-refractivity contribution in [2.45, 2.75) is 18.9 Å². The zero-order valence-corrected chi connectivity index (χ0v) is 10.4. The molecule has 1 atom stereocenters. The minimum Gasteiger partial charge on any atom is -0.468 e. The Labute approximate surface area is 102 Å². The van der Waals surface area contributed by atoms with Crippen LogP contribution in [0.2, 0.25) is 0 Å². The molecule has 0 saturated carbocycles. The van der Waals surface area contributed by atoms with E-state index in [0.29, 0.717) is 32.5 Å². The molecule has 0 aliphatic carbocycles. The Morgan fingerprint density at radius 1 is 1.41 bits per heavy atom. The van der Waals surface area contributed by atoms with Crippen LogP contribution in [-0.2, 0) is 14.3 Å².